The lowest BCUT2D eigenvalue weighted by Gasteiger charge is -2.15. The maximum atomic E-state index is 12.0. The van der Waals surface area contributed by atoms with Crippen LogP contribution in [-0.2, 0) is 27.9 Å². The summed E-state index contributed by atoms with van der Waals surface area (Å²) in [5.41, 5.74) is 0. The van der Waals surface area contributed by atoms with Crippen LogP contribution in [-0.4, -0.2) is 54.3 Å². The van der Waals surface area contributed by atoms with Gasteiger partial charge in [-0.15, -0.1) is 0 Å². The molecule has 0 aromatic heterocycles. The number of nitrogens with one attached hydrogen (secondary N) is 1. The molecule has 0 aliphatic rings. The number of ether oxygens (including phenoxy) is 1. The second-order valence-electron chi connectivity index (χ2n) is 12.2. The van der Waals surface area contributed by atoms with Gasteiger partial charge in [-0.1, -0.05) is 128 Å². The molecule has 0 aromatic carbocycles. The molecule has 0 aromatic rings. The van der Waals surface area contributed by atoms with Crippen LogP contribution in [0, 0.1) is 0 Å². The van der Waals surface area contributed by atoms with Gasteiger partial charge in [0.25, 0.3) is 0 Å². The fourth-order valence-corrected chi connectivity index (χ4v) is 5.58. The summed E-state index contributed by atoms with van der Waals surface area (Å²) in [5, 5.41) is 12.6. The van der Waals surface area contributed by atoms with Crippen molar-refractivity contribution >= 4 is 19.7 Å². The Kier molecular flexibility index (Phi) is 32.3. The quantitative estimate of drug-likeness (QED) is 0.0267. The Bertz CT molecular complexity index is 820. The summed E-state index contributed by atoms with van der Waals surface area (Å²) in [5.74, 6) is -0.533. The highest BCUT2D eigenvalue weighted by Crippen LogP contribution is 2.42. The number of amides is 1. The predicted octanol–water partition coefficient (Wildman–Crippen LogP) is 9.26. The zero-order valence-corrected chi connectivity index (χ0v) is 30.2. The standard InChI is InChI=1S/C36H68NO8P/c1-3-5-7-9-11-13-14-15-16-17-18-19-21-22-24-26-28-35(39)37-30-31-44-46(41,42)45-33-34(38)32-43-36(40)29-27-25-23-20-12-10-8-6-4-2/h13-14,16-17,34,38H,3-12,15,18-33H2,1-2H3,(H,37,39)(H,41,42)/b14-13-,17-16-. The van der Waals surface area contributed by atoms with Crippen molar-refractivity contribution < 1.29 is 37.9 Å². The van der Waals surface area contributed by atoms with E-state index in [4.69, 9.17) is 13.8 Å². The van der Waals surface area contributed by atoms with Crippen LogP contribution in [0.25, 0.3) is 0 Å². The largest absolute Gasteiger partial charge is 0.472 e. The number of carbonyl (C=O) groups is 2. The number of phosphoric ester groups is 1. The molecule has 0 radical (unpaired) electrons. The molecule has 270 valence electrons. The third kappa shape index (κ3) is 33.8. The van der Waals surface area contributed by atoms with Crippen LogP contribution in [0.5, 0.6) is 0 Å². The van der Waals surface area contributed by atoms with Crippen LogP contribution in [0.1, 0.15) is 162 Å². The van der Waals surface area contributed by atoms with Crippen molar-refractivity contribution in [2.75, 3.05) is 26.4 Å². The molecule has 0 fully saturated rings. The van der Waals surface area contributed by atoms with Gasteiger partial charge in [0.05, 0.1) is 13.2 Å². The number of hydrogen-bond donors (Lipinski definition) is 3. The molecule has 3 N–H and O–H groups in total. The van der Waals surface area contributed by atoms with Crippen LogP contribution in [0.2, 0.25) is 0 Å². The Morgan fingerprint density at radius 1 is 0.674 bits per heavy atom. The first-order valence-corrected chi connectivity index (χ1v) is 19.8. The lowest BCUT2D eigenvalue weighted by atomic mass is 10.1. The van der Waals surface area contributed by atoms with E-state index in [1.165, 1.54) is 70.6 Å². The third-order valence-corrected chi connectivity index (χ3v) is 8.62. The third-order valence-electron chi connectivity index (χ3n) is 7.63. The van der Waals surface area contributed by atoms with Crippen molar-refractivity contribution in [1.29, 1.82) is 0 Å². The number of aliphatic hydroxyl groups excluding tert-OH is 1. The molecule has 0 saturated heterocycles. The van der Waals surface area contributed by atoms with Crippen LogP contribution in [0.15, 0.2) is 24.3 Å². The van der Waals surface area contributed by atoms with E-state index in [1.807, 2.05) is 0 Å². The van der Waals surface area contributed by atoms with E-state index in [-0.39, 0.29) is 32.1 Å². The summed E-state index contributed by atoms with van der Waals surface area (Å²) in [4.78, 5) is 33.6. The van der Waals surface area contributed by atoms with Crippen molar-refractivity contribution in [3.05, 3.63) is 24.3 Å². The second kappa shape index (κ2) is 33.4. The molecule has 0 saturated carbocycles. The molecule has 2 atom stereocenters. The lowest BCUT2D eigenvalue weighted by molar-refractivity contribution is -0.147. The molecular weight excluding hydrogens is 605 g/mol. The Balaban J connectivity index is 3.65. The molecule has 0 aliphatic carbocycles. The summed E-state index contributed by atoms with van der Waals surface area (Å²) >= 11 is 0. The zero-order chi connectivity index (χ0) is 34.0. The first-order chi connectivity index (χ1) is 22.3. The van der Waals surface area contributed by atoms with Crippen molar-refractivity contribution in [3.63, 3.8) is 0 Å². The number of unbranched alkanes of at least 4 members (excludes halogenated alkanes) is 17. The lowest BCUT2D eigenvalue weighted by Crippen LogP contribution is -2.27. The number of esters is 1. The maximum Gasteiger partial charge on any atom is 0.472 e. The van der Waals surface area contributed by atoms with Crippen LogP contribution >= 0.6 is 7.82 Å². The summed E-state index contributed by atoms with van der Waals surface area (Å²) in [6.45, 7) is 3.48. The average Bonchev–Trinajstić information content (AvgIpc) is 3.04. The number of aliphatic hydroxyl groups is 1. The highest BCUT2D eigenvalue weighted by atomic mass is 31.2. The highest BCUT2D eigenvalue weighted by Gasteiger charge is 2.23. The van der Waals surface area contributed by atoms with Gasteiger partial charge >= 0.3 is 13.8 Å². The second-order valence-corrected chi connectivity index (χ2v) is 13.7. The Hall–Kier alpha value is -1.51. The van der Waals surface area contributed by atoms with Crippen LogP contribution < -0.4 is 5.32 Å². The van der Waals surface area contributed by atoms with Gasteiger partial charge in [0.1, 0.15) is 12.7 Å². The van der Waals surface area contributed by atoms with Gasteiger partial charge in [0, 0.05) is 19.4 Å². The van der Waals surface area contributed by atoms with E-state index in [0.29, 0.717) is 6.42 Å². The fraction of sp³-hybridized carbons (Fsp3) is 0.833. The Morgan fingerprint density at radius 2 is 1.17 bits per heavy atom. The summed E-state index contributed by atoms with van der Waals surface area (Å²) in [6.07, 6.45) is 32.5. The number of carbonyl (C=O) groups excluding carboxylic acids is 2. The summed E-state index contributed by atoms with van der Waals surface area (Å²) in [6, 6.07) is 0. The van der Waals surface area contributed by atoms with Crippen molar-refractivity contribution in [2.24, 2.45) is 0 Å². The van der Waals surface area contributed by atoms with E-state index in [1.54, 1.807) is 0 Å². The van der Waals surface area contributed by atoms with E-state index in [2.05, 4.69) is 43.5 Å². The highest BCUT2D eigenvalue weighted by molar-refractivity contribution is 7.47. The normalized spacial score (nSPS) is 13.7. The minimum Gasteiger partial charge on any atom is -0.463 e. The number of rotatable bonds is 34. The first kappa shape index (κ1) is 44.5. The van der Waals surface area contributed by atoms with Gasteiger partial charge in [-0.05, 0) is 44.9 Å². The van der Waals surface area contributed by atoms with E-state index < -0.39 is 26.5 Å². The molecule has 0 aliphatic heterocycles. The number of hydrogen-bond acceptors (Lipinski definition) is 7. The fourth-order valence-electron chi connectivity index (χ4n) is 4.82. The average molecular weight is 674 g/mol. The van der Waals surface area contributed by atoms with Gasteiger partial charge in [0.15, 0.2) is 0 Å². The van der Waals surface area contributed by atoms with Crippen molar-refractivity contribution in [1.82, 2.24) is 5.32 Å². The topological polar surface area (TPSA) is 131 Å². The molecule has 46 heavy (non-hydrogen) atoms. The van der Waals surface area contributed by atoms with Gasteiger partial charge in [-0.2, -0.15) is 0 Å². The molecule has 9 nitrogen and oxygen atoms in total. The zero-order valence-electron chi connectivity index (χ0n) is 29.3. The van der Waals surface area contributed by atoms with Gasteiger partial charge in [-0.3, -0.25) is 18.6 Å². The first-order valence-electron chi connectivity index (χ1n) is 18.3. The van der Waals surface area contributed by atoms with Gasteiger partial charge < -0.3 is 20.1 Å². The molecule has 10 heteroatoms. The summed E-state index contributed by atoms with van der Waals surface area (Å²) < 4.78 is 26.7. The van der Waals surface area contributed by atoms with Crippen molar-refractivity contribution in [3.8, 4) is 0 Å². The SMILES string of the molecule is CCCCCC/C=C\C/C=C\CCCCCCCC(=O)NCCOP(=O)(O)OCC(O)COC(=O)CCCCCCCCCCC. The number of allylic oxidation sites excluding steroid dienone is 4. The van der Waals surface area contributed by atoms with Gasteiger partial charge in [-0.25, -0.2) is 4.57 Å². The maximum absolute atomic E-state index is 12.0. The van der Waals surface area contributed by atoms with E-state index in [0.717, 1.165) is 64.2 Å². The Labute approximate surface area is 280 Å². The Morgan fingerprint density at radius 3 is 1.76 bits per heavy atom. The van der Waals surface area contributed by atoms with Crippen molar-refractivity contribution in [2.45, 2.75) is 168 Å². The molecule has 0 bridgehead atoms. The molecular formula is C36H68NO8P. The minimum atomic E-state index is -4.41. The number of phosphoric acid groups is 1. The van der Waals surface area contributed by atoms with E-state index >= 15 is 0 Å². The molecule has 2 unspecified atom stereocenters. The molecule has 0 rings (SSSR count). The van der Waals surface area contributed by atoms with Gasteiger partial charge in [0.2, 0.25) is 5.91 Å². The molecule has 0 spiro atoms. The molecule has 0 heterocycles. The predicted molar refractivity (Wildman–Crippen MR) is 188 cm³/mol. The summed E-state index contributed by atoms with van der Waals surface area (Å²) in [7, 11) is -4.41. The minimum absolute atomic E-state index is 0.0755. The smallest absolute Gasteiger partial charge is 0.463 e. The van der Waals surface area contributed by atoms with Crippen LogP contribution in [0.4, 0.5) is 0 Å². The molecule has 1 amide bonds. The van der Waals surface area contributed by atoms with Crippen LogP contribution in [0.3, 0.4) is 0 Å². The monoisotopic (exact) mass is 673 g/mol. The van der Waals surface area contributed by atoms with E-state index in [9.17, 15) is 24.2 Å².